The minimum absolute atomic E-state index is 0.0776. The number of benzene rings is 1. The molecule has 1 aliphatic heterocycles. The number of hydrogen-bond donors (Lipinski definition) is 1. The molecule has 2 aromatic rings. The van der Waals surface area contributed by atoms with Crippen molar-refractivity contribution < 1.29 is 18.3 Å². The maximum Gasteiger partial charge on any atom is 0.410 e. The molecule has 1 aliphatic rings. The molecule has 0 saturated carbocycles. The molecular formula is C20H23F2N3O2. The number of nitrogens with one attached hydrogen (secondary N) is 1. The molecule has 144 valence electrons. The minimum atomic E-state index is -2.97. The zero-order chi connectivity index (χ0) is 19.3. The Hall–Kier alpha value is -2.70. The predicted octanol–water partition coefficient (Wildman–Crippen LogP) is 4.10. The molecule has 1 N–H and O–H groups in total. The predicted molar refractivity (Wildman–Crippen MR) is 98.7 cm³/mol. The lowest BCUT2D eigenvalue weighted by molar-refractivity contribution is -0.101. The van der Waals surface area contributed by atoms with E-state index in [0.29, 0.717) is 0 Å². The molecule has 5 nitrogen and oxygen atoms in total. The van der Waals surface area contributed by atoms with Crippen LogP contribution in [0, 0.1) is 12.8 Å². The summed E-state index contributed by atoms with van der Waals surface area (Å²) in [5, 5.41) is 3.01. The summed E-state index contributed by atoms with van der Waals surface area (Å²) in [4.78, 5) is 17.1. The first-order chi connectivity index (χ1) is 12.9. The molecule has 3 rings (SSSR count). The molecule has 1 aromatic heterocycles. The van der Waals surface area contributed by atoms with Crippen LogP contribution < -0.4 is 5.32 Å². The van der Waals surface area contributed by atoms with Crippen LogP contribution >= 0.6 is 0 Å². The second kappa shape index (κ2) is 8.33. The number of rotatable bonds is 5. The van der Waals surface area contributed by atoms with Gasteiger partial charge in [0.25, 0.3) is 5.92 Å². The number of hydrogen-bond acceptors (Lipinski definition) is 4. The van der Waals surface area contributed by atoms with Crippen LogP contribution in [0.1, 0.15) is 17.5 Å². The van der Waals surface area contributed by atoms with Crippen LogP contribution in [-0.2, 0) is 11.3 Å². The third-order valence-electron chi connectivity index (χ3n) is 4.72. The number of likely N-dealkylation sites (tertiary alicyclic amines) is 1. The molecule has 0 spiro atoms. The lowest BCUT2D eigenvalue weighted by Gasteiger charge is -2.37. The number of aromatic nitrogens is 1. The molecular weight excluding hydrogens is 352 g/mol. The van der Waals surface area contributed by atoms with E-state index in [1.807, 2.05) is 31.2 Å². The van der Waals surface area contributed by atoms with Crippen molar-refractivity contribution in [1.29, 1.82) is 0 Å². The van der Waals surface area contributed by atoms with Gasteiger partial charge in [-0.25, -0.2) is 13.6 Å². The first kappa shape index (κ1) is 19.1. The fourth-order valence-corrected chi connectivity index (χ4v) is 3.02. The third kappa shape index (κ3) is 5.15. The minimum Gasteiger partial charge on any atom is -0.445 e. The third-order valence-corrected chi connectivity index (χ3v) is 4.72. The van der Waals surface area contributed by atoms with E-state index in [0.717, 1.165) is 21.7 Å². The number of anilines is 1. The highest BCUT2D eigenvalue weighted by atomic mass is 19.3. The normalized spacial score (nSPS) is 18.8. The van der Waals surface area contributed by atoms with Gasteiger partial charge in [0.1, 0.15) is 6.61 Å². The number of ether oxygens (including phenoxy) is 1. The van der Waals surface area contributed by atoms with E-state index in [9.17, 15) is 13.6 Å². The maximum atomic E-state index is 14.5. The average molecular weight is 375 g/mol. The first-order valence-electron chi connectivity index (χ1n) is 8.93. The Morgan fingerprint density at radius 2 is 1.96 bits per heavy atom. The van der Waals surface area contributed by atoms with Gasteiger partial charge in [-0.3, -0.25) is 4.98 Å². The molecule has 1 amide bonds. The van der Waals surface area contributed by atoms with Crippen molar-refractivity contribution in [2.75, 3.05) is 25.0 Å². The van der Waals surface area contributed by atoms with E-state index in [1.165, 1.54) is 0 Å². The quantitative estimate of drug-likeness (QED) is 0.855. The zero-order valence-corrected chi connectivity index (χ0v) is 15.2. The molecule has 1 saturated heterocycles. The molecule has 0 bridgehead atoms. The number of amides is 1. The molecule has 0 radical (unpaired) electrons. The van der Waals surface area contributed by atoms with Crippen molar-refractivity contribution >= 4 is 11.8 Å². The second-order valence-electron chi connectivity index (χ2n) is 6.83. The summed E-state index contributed by atoms with van der Waals surface area (Å²) in [5.41, 5.74) is 2.69. The Bertz CT molecular complexity index is 754. The van der Waals surface area contributed by atoms with Gasteiger partial charge >= 0.3 is 6.09 Å². The van der Waals surface area contributed by atoms with E-state index in [-0.39, 0.29) is 26.1 Å². The van der Waals surface area contributed by atoms with E-state index in [4.69, 9.17) is 4.74 Å². The van der Waals surface area contributed by atoms with Crippen molar-refractivity contribution in [3.05, 3.63) is 59.9 Å². The molecule has 1 fully saturated rings. The number of halogens is 2. The van der Waals surface area contributed by atoms with Crippen molar-refractivity contribution in [3.8, 4) is 0 Å². The standard InChI is InChI=1S/C20H23F2N3O2/c1-15-2-4-16(5-3-15)13-27-19(26)25-11-8-17(20(21,22)14-25)12-24-18-6-9-23-10-7-18/h2-7,9-10,17H,8,11-14H2,1H3,(H,23,24)/t17-/m0/s1. The summed E-state index contributed by atoms with van der Waals surface area (Å²) >= 11 is 0. The van der Waals surface area contributed by atoms with E-state index in [1.54, 1.807) is 24.5 Å². The number of aryl methyl sites for hydroxylation is 1. The van der Waals surface area contributed by atoms with Gasteiger partial charge in [0.2, 0.25) is 0 Å². The molecule has 2 heterocycles. The van der Waals surface area contributed by atoms with Gasteiger partial charge in [0, 0.05) is 37.1 Å². The zero-order valence-electron chi connectivity index (χ0n) is 15.2. The highest BCUT2D eigenvalue weighted by Crippen LogP contribution is 2.33. The highest BCUT2D eigenvalue weighted by Gasteiger charge is 2.46. The van der Waals surface area contributed by atoms with E-state index >= 15 is 0 Å². The summed E-state index contributed by atoms with van der Waals surface area (Å²) < 4.78 is 34.2. The van der Waals surface area contributed by atoms with Gasteiger partial charge in [0.15, 0.2) is 0 Å². The molecule has 0 aliphatic carbocycles. The Morgan fingerprint density at radius 3 is 2.63 bits per heavy atom. The Labute approximate surface area is 157 Å². The lowest BCUT2D eigenvalue weighted by atomic mass is 9.93. The maximum absolute atomic E-state index is 14.5. The van der Waals surface area contributed by atoms with Gasteiger partial charge in [-0.1, -0.05) is 29.8 Å². The van der Waals surface area contributed by atoms with Crippen LogP contribution in [-0.4, -0.2) is 41.5 Å². The topological polar surface area (TPSA) is 54.5 Å². The molecule has 0 unspecified atom stereocenters. The fourth-order valence-electron chi connectivity index (χ4n) is 3.02. The van der Waals surface area contributed by atoms with Crippen molar-refractivity contribution in [2.45, 2.75) is 25.9 Å². The fraction of sp³-hybridized carbons (Fsp3) is 0.400. The highest BCUT2D eigenvalue weighted by molar-refractivity contribution is 5.68. The molecule has 1 atom stereocenters. The van der Waals surface area contributed by atoms with Crippen LogP contribution in [0.2, 0.25) is 0 Å². The van der Waals surface area contributed by atoms with Gasteiger partial charge < -0.3 is 15.0 Å². The van der Waals surface area contributed by atoms with Crippen molar-refractivity contribution in [3.63, 3.8) is 0 Å². The smallest absolute Gasteiger partial charge is 0.410 e. The number of carbonyl (C=O) groups excluding carboxylic acids is 1. The summed E-state index contributed by atoms with van der Waals surface area (Å²) in [5.74, 6) is -3.81. The number of pyridine rings is 1. The largest absolute Gasteiger partial charge is 0.445 e. The van der Waals surface area contributed by atoms with Crippen LogP contribution in [0.3, 0.4) is 0 Å². The van der Waals surface area contributed by atoms with Gasteiger partial charge in [0.05, 0.1) is 6.54 Å². The summed E-state index contributed by atoms with van der Waals surface area (Å²) in [6.07, 6.45) is 2.72. The molecule has 7 heteroatoms. The Kier molecular flexibility index (Phi) is 5.88. The number of carbonyl (C=O) groups is 1. The second-order valence-corrected chi connectivity index (χ2v) is 6.83. The van der Waals surface area contributed by atoms with Crippen molar-refractivity contribution in [2.24, 2.45) is 5.92 Å². The molecule has 27 heavy (non-hydrogen) atoms. The Balaban J connectivity index is 1.49. The first-order valence-corrected chi connectivity index (χ1v) is 8.93. The summed E-state index contributed by atoms with van der Waals surface area (Å²) in [7, 11) is 0. The van der Waals surface area contributed by atoms with Gasteiger partial charge in [-0.15, -0.1) is 0 Å². The Morgan fingerprint density at radius 1 is 1.26 bits per heavy atom. The van der Waals surface area contributed by atoms with Gasteiger partial charge in [-0.05, 0) is 31.0 Å². The van der Waals surface area contributed by atoms with Crippen LogP contribution in [0.25, 0.3) is 0 Å². The lowest BCUT2D eigenvalue weighted by Crippen LogP contribution is -2.52. The van der Waals surface area contributed by atoms with E-state index < -0.39 is 24.5 Å². The summed E-state index contributed by atoms with van der Waals surface area (Å²) in [6.45, 7) is 1.82. The monoisotopic (exact) mass is 375 g/mol. The number of piperidine rings is 1. The SMILES string of the molecule is Cc1ccc(COC(=O)N2CC[C@@H](CNc3ccncc3)C(F)(F)C2)cc1. The molecule has 1 aromatic carbocycles. The van der Waals surface area contributed by atoms with E-state index in [2.05, 4.69) is 10.3 Å². The van der Waals surface area contributed by atoms with Crippen molar-refractivity contribution in [1.82, 2.24) is 9.88 Å². The van der Waals surface area contributed by atoms with Crippen LogP contribution in [0.4, 0.5) is 19.3 Å². The summed E-state index contributed by atoms with van der Waals surface area (Å²) in [6, 6.07) is 11.0. The average Bonchev–Trinajstić information content (AvgIpc) is 2.66. The van der Waals surface area contributed by atoms with Crippen LogP contribution in [0.5, 0.6) is 0 Å². The van der Waals surface area contributed by atoms with Gasteiger partial charge in [-0.2, -0.15) is 0 Å². The number of nitrogens with zero attached hydrogens (tertiary/aromatic N) is 2. The number of alkyl halides is 2. The van der Waals surface area contributed by atoms with Crippen LogP contribution in [0.15, 0.2) is 48.8 Å².